The molecule has 5 unspecified atom stereocenters. The van der Waals surface area contributed by atoms with Crippen LogP contribution in [0.25, 0.3) is 5.57 Å². The Morgan fingerprint density at radius 2 is 1.54 bits per heavy atom. The zero-order chi connectivity index (χ0) is 30.1. The Morgan fingerprint density at radius 1 is 0.902 bits per heavy atom. The number of carbonyl (C=O) groups excluding carboxylic acids is 1. The Hall–Kier alpha value is -1.94. The predicted octanol–water partition coefficient (Wildman–Crippen LogP) is 8.64. The molecule has 5 aliphatic carbocycles. The summed E-state index contributed by atoms with van der Waals surface area (Å²) in [5.41, 5.74) is 9.20. The lowest BCUT2D eigenvalue weighted by Crippen LogP contribution is -2.65. The van der Waals surface area contributed by atoms with Crippen molar-refractivity contribution in [1.29, 1.82) is 0 Å². The topological polar surface area (TPSA) is 80.4 Å². The third kappa shape index (κ3) is 4.32. The Labute approximate surface area is 248 Å². The number of hydrogen-bond donors (Lipinski definition) is 2. The van der Waals surface area contributed by atoms with Crippen molar-refractivity contribution in [2.24, 2.45) is 63.4 Å². The van der Waals surface area contributed by atoms with Crippen LogP contribution in [0.3, 0.4) is 0 Å². The van der Waals surface area contributed by atoms with Crippen molar-refractivity contribution in [2.75, 3.05) is 0 Å². The van der Waals surface area contributed by atoms with Crippen molar-refractivity contribution in [3.8, 4) is 0 Å². The molecule has 4 fully saturated rings. The number of ketones is 1. The number of hydrogen-bond acceptors (Lipinski definition) is 3. The molecule has 3 N–H and O–H groups in total. The third-order valence-corrected chi connectivity index (χ3v) is 13.5. The molecular weight excluding hydrogens is 506 g/mol. The van der Waals surface area contributed by atoms with Gasteiger partial charge in [-0.05, 0) is 133 Å². The second kappa shape index (κ2) is 10.4. The van der Waals surface area contributed by atoms with E-state index in [0.29, 0.717) is 35.4 Å². The molecule has 0 bridgehead atoms. The number of rotatable bonds is 3. The van der Waals surface area contributed by atoms with Crippen molar-refractivity contribution in [1.82, 2.24) is 0 Å². The molecular formula is C37H55NO3. The molecule has 0 aromatic heterocycles. The van der Waals surface area contributed by atoms with Crippen LogP contribution in [0, 0.1) is 57.7 Å². The number of benzene rings is 1. The third-order valence-electron chi connectivity index (χ3n) is 13.5. The fraction of sp³-hybridized carbons (Fsp3) is 0.730. The smallest absolute Gasteiger partial charge is 0.335 e. The lowest BCUT2D eigenvalue weighted by Gasteiger charge is -2.67. The van der Waals surface area contributed by atoms with Crippen LogP contribution in [0.5, 0.6) is 0 Å². The van der Waals surface area contributed by atoms with E-state index in [1.165, 1.54) is 32.1 Å². The van der Waals surface area contributed by atoms with Crippen LogP contribution >= 0.6 is 0 Å². The SMILES string of the molecule is CC.CC(C)C1CC[C@]2(N)CCC3[C@H](CCC4[C@@]3(C)CCC3C(C)(C)C(c5ccc(C(=O)O)cc5)=CC(=O)[C@@]34C)C12. The zero-order valence-electron chi connectivity index (χ0n) is 26.9. The monoisotopic (exact) mass is 561 g/mol. The van der Waals surface area contributed by atoms with Crippen LogP contribution in [0.1, 0.15) is 123 Å². The minimum Gasteiger partial charge on any atom is -0.478 e. The van der Waals surface area contributed by atoms with Crippen molar-refractivity contribution in [2.45, 2.75) is 112 Å². The molecule has 6 rings (SSSR count). The van der Waals surface area contributed by atoms with E-state index in [-0.39, 0.29) is 33.3 Å². The largest absolute Gasteiger partial charge is 0.478 e. The van der Waals surface area contributed by atoms with E-state index in [2.05, 4.69) is 41.5 Å². The lowest BCUT2D eigenvalue weighted by atomic mass is 9.36. The molecule has 0 amide bonds. The van der Waals surface area contributed by atoms with E-state index in [4.69, 9.17) is 5.73 Å². The first kappa shape index (κ1) is 30.5. The van der Waals surface area contributed by atoms with Crippen molar-refractivity contribution >= 4 is 17.3 Å². The summed E-state index contributed by atoms with van der Waals surface area (Å²) in [5, 5.41) is 9.37. The average molecular weight is 562 g/mol. The molecule has 0 spiro atoms. The molecule has 5 aliphatic rings. The van der Waals surface area contributed by atoms with Gasteiger partial charge in [-0.15, -0.1) is 0 Å². The maximum Gasteiger partial charge on any atom is 0.335 e. The van der Waals surface area contributed by atoms with Gasteiger partial charge in [0.15, 0.2) is 5.78 Å². The molecule has 4 saturated carbocycles. The van der Waals surface area contributed by atoms with Gasteiger partial charge in [0.05, 0.1) is 5.56 Å². The summed E-state index contributed by atoms with van der Waals surface area (Å²) in [4.78, 5) is 25.8. The number of fused-ring (bicyclic) bond motifs is 7. The van der Waals surface area contributed by atoms with E-state index < -0.39 is 5.97 Å². The van der Waals surface area contributed by atoms with Gasteiger partial charge in [0, 0.05) is 11.0 Å². The van der Waals surface area contributed by atoms with Gasteiger partial charge in [0.1, 0.15) is 0 Å². The van der Waals surface area contributed by atoms with Crippen LogP contribution < -0.4 is 5.73 Å². The van der Waals surface area contributed by atoms with Gasteiger partial charge in [-0.3, -0.25) is 4.79 Å². The highest BCUT2D eigenvalue weighted by molar-refractivity contribution is 6.04. The van der Waals surface area contributed by atoms with Crippen LogP contribution in [0.15, 0.2) is 30.3 Å². The fourth-order valence-electron chi connectivity index (χ4n) is 11.7. The van der Waals surface area contributed by atoms with Crippen molar-refractivity contribution in [3.05, 3.63) is 41.5 Å². The standard InChI is InChI=1S/C35H49NO3.C2H6/c1-20(2)23-13-17-35(36)18-14-25-24(30(23)35)11-12-28-33(25,5)16-15-27-32(3,4)26(19-29(37)34(27,28)6)21-7-9-22(10-8-21)31(38)39;1-2/h7-10,19-20,23-25,27-28,30H,11-18,36H2,1-6H3,(H,38,39);1-2H3/t23?,24-,25?,27?,28?,30?,33-,34-,35-;/m0./s1. The summed E-state index contributed by atoms with van der Waals surface area (Å²) >= 11 is 0. The highest BCUT2D eigenvalue weighted by atomic mass is 16.4. The molecule has 1 aromatic rings. The predicted molar refractivity (Wildman–Crippen MR) is 167 cm³/mol. The van der Waals surface area contributed by atoms with E-state index in [0.717, 1.165) is 36.3 Å². The number of carboxylic acids is 1. The number of aromatic carboxylic acids is 1. The highest BCUT2D eigenvalue weighted by Crippen LogP contribution is 2.72. The number of nitrogens with two attached hydrogens (primary N) is 1. The quantitative estimate of drug-likeness (QED) is 0.387. The summed E-state index contributed by atoms with van der Waals surface area (Å²) < 4.78 is 0. The Balaban J connectivity index is 0.00000165. The fourth-order valence-corrected chi connectivity index (χ4v) is 11.7. The normalized spacial score (nSPS) is 42.6. The molecule has 0 heterocycles. The van der Waals surface area contributed by atoms with Crippen LogP contribution in [-0.4, -0.2) is 22.4 Å². The summed E-state index contributed by atoms with van der Waals surface area (Å²) in [7, 11) is 0. The summed E-state index contributed by atoms with van der Waals surface area (Å²) in [6.45, 7) is 18.3. The number of allylic oxidation sites excluding steroid dienone is 2. The lowest BCUT2D eigenvalue weighted by molar-refractivity contribution is -0.181. The molecule has 1 aromatic carbocycles. The molecule has 0 aliphatic heterocycles. The van der Waals surface area contributed by atoms with Gasteiger partial charge < -0.3 is 10.8 Å². The second-order valence-corrected chi connectivity index (χ2v) is 15.6. The average Bonchev–Trinajstić information content (AvgIpc) is 3.30. The van der Waals surface area contributed by atoms with Gasteiger partial charge >= 0.3 is 5.97 Å². The molecule has 0 radical (unpaired) electrons. The minimum atomic E-state index is -0.920. The molecule has 9 atom stereocenters. The van der Waals surface area contributed by atoms with Gasteiger partial charge in [-0.2, -0.15) is 0 Å². The molecule has 41 heavy (non-hydrogen) atoms. The maximum absolute atomic E-state index is 14.3. The van der Waals surface area contributed by atoms with Crippen molar-refractivity contribution < 1.29 is 14.7 Å². The summed E-state index contributed by atoms with van der Waals surface area (Å²) in [6.07, 6.45) is 11.4. The molecule has 0 saturated heterocycles. The summed E-state index contributed by atoms with van der Waals surface area (Å²) in [5.74, 6) is 3.48. The Bertz CT molecular complexity index is 1210. The van der Waals surface area contributed by atoms with Gasteiger partial charge in [0.2, 0.25) is 0 Å². The van der Waals surface area contributed by atoms with E-state index >= 15 is 0 Å². The number of carbonyl (C=O) groups is 2. The first-order valence-electron chi connectivity index (χ1n) is 16.6. The summed E-state index contributed by atoms with van der Waals surface area (Å²) in [6, 6.07) is 7.11. The van der Waals surface area contributed by atoms with Gasteiger partial charge in [0.25, 0.3) is 0 Å². The second-order valence-electron chi connectivity index (χ2n) is 15.6. The first-order valence-corrected chi connectivity index (χ1v) is 16.6. The number of carboxylic acid groups (broad SMARTS) is 1. The maximum atomic E-state index is 14.3. The first-order chi connectivity index (χ1) is 19.2. The van der Waals surface area contributed by atoms with Crippen LogP contribution in [-0.2, 0) is 4.79 Å². The molecule has 226 valence electrons. The minimum absolute atomic E-state index is 0.0247. The van der Waals surface area contributed by atoms with E-state index in [1.54, 1.807) is 12.1 Å². The Kier molecular flexibility index (Phi) is 7.70. The molecule has 4 heteroatoms. The van der Waals surface area contributed by atoms with E-state index in [1.807, 2.05) is 32.1 Å². The van der Waals surface area contributed by atoms with Crippen molar-refractivity contribution in [3.63, 3.8) is 0 Å². The highest BCUT2D eigenvalue weighted by Gasteiger charge is 2.68. The van der Waals surface area contributed by atoms with E-state index in [9.17, 15) is 14.7 Å². The Morgan fingerprint density at radius 3 is 2.15 bits per heavy atom. The zero-order valence-corrected chi connectivity index (χ0v) is 26.9. The molecule has 4 nitrogen and oxygen atoms in total. The van der Waals surface area contributed by atoms with Gasteiger partial charge in [-0.1, -0.05) is 67.5 Å². The van der Waals surface area contributed by atoms with Gasteiger partial charge in [-0.25, -0.2) is 4.79 Å². The van der Waals surface area contributed by atoms with Crippen LogP contribution in [0.2, 0.25) is 0 Å². The van der Waals surface area contributed by atoms with Crippen LogP contribution in [0.4, 0.5) is 0 Å².